The molecule has 2 heterocycles. The molecule has 1 fully saturated rings. The van der Waals surface area contributed by atoms with Crippen molar-refractivity contribution >= 4 is 23.1 Å². The normalized spacial score (nSPS) is 25.7. The number of nitrogens with one attached hydrogen (secondary N) is 1. The van der Waals surface area contributed by atoms with Gasteiger partial charge in [-0.3, -0.25) is 0 Å². The SMILES string of the molecule is CC(C)(C)OC(=O)N1CC=C2C(C#N)C(=N)C(C#N)(C#N)C(c3ccsc3)[C@H]2C1. The van der Waals surface area contributed by atoms with E-state index in [0.29, 0.717) is 5.57 Å². The van der Waals surface area contributed by atoms with Crippen LogP contribution in [0.1, 0.15) is 32.3 Å². The van der Waals surface area contributed by atoms with Crippen LogP contribution in [0.2, 0.25) is 0 Å². The van der Waals surface area contributed by atoms with Gasteiger partial charge in [-0.1, -0.05) is 6.08 Å². The number of hydrogen-bond acceptors (Lipinski definition) is 7. The molecule has 1 aliphatic heterocycles. The summed E-state index contributed by atoms with van der Waals surface area (Å²) < 4.78 is 5.48. The fraction of sp³-hybridized carbons (Fsp3) is 0.476. The molecular weight excluding hydrogens is 386 g/mol. The zero-order valence-corrected chi connectivity index (χ0v) is 17.3. The van der Waals surface area contributed by atoms with E-state index in [9.17, 15) is 20.6 Å². The molecule has 1 aromatic rings. The van der Waals surface area contributed by atoms with Crippen molar-refractivity contribution in [3.63, 3.8) is 0 Å². The van der Waals surface area contributed by atoms with Crippen molar-refractivity contribution in [2.75, 3.05) is 13.1 Å². The number of ether oxygens (including phenoxy) is 1. The molecule has 0 aromatic carbocycles. The number of amides is 1. The molecular formula is C21H21N5O2S. The summed E-state index contributed by atoms with van der Waals surface area (Å²) in [5, 5.41) is 41.9. The Labute approximate surface area is 173 Å². The molecule has 0 saturated heterocycles. The van der Waals surface area contributed by atoms with Gasteiger partial charge in [0.15, 0.2) is 5.41 Å². The molecule has 0 spiro atoms. The Kier molecular flexibility index (Phi) is 5.22. The van der Waals surface area contributed by atoms with E-state index in [1.165, 1.54) is 16.2 Å². The predicted octanol–water partition coefficient (Wildman–Crippen LogP) is 3.83. The van der Waals surface area contributed by atoms with E-state index >= 15 is 0 Å². The first-order valence-electron chi connectivity index (χ1n) is 9.19. The Bertz CT molecular complexity index is 970. The molecule has 1 amide bonds. The molecule has 3 rings (SSSR count). The van der Waals surface area contributed by atoms with Crippen molar-refractivity contribution in [3.8, 4) is 18.2 Å². The van der Waals surface area contributed by atoms with Gasteiger partial charge in [0.1, 0.15) is 11.5 Å². The molecule has 1 aliphatic carbocycles. The largest absolute Gasteiger partial charge is 0.444 e. The third-order valence-corrected chi connectivity index (χ3v) is 6.05. The van der Waals surface area contributed by atoms with E-state index in [4.69, 9.17) is 10.1 Å². The Balaban J connectivity index is 2.10. The van der Waals surface area contributed by atoms with E-state index in [-0.39, 0.29) is 18.8 Å². The van der Waals surface area contributed by atoms with Crippen LogP contribution in [0, 0.1) is 56.7 Å². The highest BCUT2D eigenvalue weighted by atomic mass is 32.1. The first kappa shape index (κ1) is 20.6. The monoisotopic (exact) mass is 407 g/mol. The molecule has 2 unspecified atom stereocenters. The first-order chi connectivity index (χ1) is 13.7. The summed E-state index contributed by atoms with van der Waals surface area (Å²) in [7, 11) is 0. The van der Waals surface area contributed by atoms with Gasteiger partial charge in [-0.2, -0.15) is 27.1 Å². The zero-order chi connectivity index (χ0) is 21.4. The Morgan fingerprint density at radius 3 is 2.55 bits per heavy atom. The first-order valence-corrected chi connectivity index (χ1v) is 10.1. The summed E-state index contributed by atoms with van der Waals surface area (Å²) in [5.74, 6) is -2.02. The van der Waals surface area contributed by atoms with E-state index in [2.05, 4.69) is 6.07 Å². The van der Waals surface area contributed by atoms with Crippen LogP contribution in [0.3, 0.4) is 0 Å². The lowest BCUT2D eigenvalue weighted by atomic mass is 9.54. The van der Waals surface area contributed by atoms with Gasteiger partial charge in [0.05, 0.1) is 23.9 Å². The van der Waals surface area contributed by atoms with Crippen LogP contribution < -0.4 is 0 Å². The van der Waals surface area contributed by atoms with Gasteiger partial charge < -0.3 is 15.0 Å². The molecule has 1 aromatic heterocycles. The number of hydrogen-bond donors (Lipinski definition) is 1. The van der Waals surface area contributed by atoms with Crippen molar-refractivity contribution in [1.29, 1.82) is 21.2 Å². The number of fused-ring (bicyclic) bond motifs is 1. The Morgan fingerprint density at radius 2 is 2.03 bits per heavy atom. The second-order valence-corrected chi connectivity index (χ2v) is 9.02. The van der Waals surface area contributed by atoms with Crippen molar-refractivity contribution in [2.45, 2.75) is 32.3 Å². The molecule has 7 nitrogen and oxygen atoms in total. The number of carbonyl (C=O) groups is 1. The minimum absolute atomic E-state index is 0.186. The van der Waals surface area contributed by atoms with Gasteiger partial charge >= 0.3 is 6.09 Å². The lowest BCUT2D eigenvalue weighted by Crippen LogP contribution is -2.54. The summed E-state index contributed by atoms with van der Waals surface area (Å²) in [6.07, 6.45) is 1.30. The molecule has 3 atom stereocenters. The van der Waals surface area contributed by atoms with Crippen LogP contribution >= 0.6 is 11.3 Å². The van der Waals surface area contributed by atoms with Crippen LogP contribution in [0.4, 0.5) is 4.79 Å². The minimum Gasteiger partial charge on any atom is -0.444 e. The van der Waals surface area contributed by atoms with Gasteiger partial charge in [-0.05, 0) is 48.7 Å². The lowest BCUT2D eigenvalue weighted by Gasteiger charge is -2.47. The van der Waals surface area contributed by atoms with Crippen LogP contribution in [0.5, 0.6) is 0 Å². The molecule has 29 heavy (non-hydrogen) atoms. The lowest BCUT2D eigenvalue weighted by molar-refractivity contribution is 0.0222. The second-order valence-electron chi connectivity index (χ2n) is 8.24. The molecule has 1 saturated carbocycles. The number of thiophene rings is 1. The van der Waals surface area contributed by atoms with Crippen molar-refractivity contribution < 1.29 is 9.53 Å². The van der Waals surface area contributed by atoms with Gasteiger partial charge in [0, 0.05) is 24.9 Å². The van der Waals surface area contributed by atoms with E-state index < -0.39 is 34.9 Å². The summed E-state index contributed by atoms with van der Waals surface area (Å²) in [5.41, 5.74) is -1.13. The minimum atomic E-state index is -1.76. The highest BCUT2D eigenvalue weighted by molar-refractivity contribution is 7.08. The van der Waals surface area contributed by atoms with E-state index in [1.807, 2.05) is 29.0 Å². The second kappa shape index (κ2) is 7.35. The average Bonchev–Trinajstić information content (AvgIpc) is 3.19. The summed E-state index contributed by atoms with van der Waals surface area (Å²) in [6, 6.07) is 8.02. The maximum absolute atomic E-state index is 12.6. The standard InChI is InChI=1S/C21H21N5O2S/c1-20(2,3)28-19(27)26-6-4-14-15(8-22)18(25)21(11-23,12-24)17(16(14)9-26)13-5-7-29-10-13/h4-5,7,10,15-17,25H,6,9H2,1-3H3/t15?,16-,17?/m0/s1. The average molecular weight is 407 g/mol. The van der Waals surface area contributed by atoms with Gasteiger partial charge in [-0.15, -0.1) is 0 Å². The molecule has 8 heteroatoms. The smallest absolute Gasteiger partial charge is 0.410 e. The summed E-state index contributed by atoms with van der Waals surface area (Å²) in [6.45, 7) is 5.84. The maximum Gasteiger partial charge on any atom is 0.410 e. The molecule has 148 valence electrons. The van der Waals surface area contributed by atoms with Crippen LogP contribution in [-0.2, 0) is 4.74 Å². The van der Waals surface area contributed by atoms with Crippen molar-refractivity contribution in [3.05, 3.63) is 34.0 Å². The number of nitriles is 3. The molecule has 0 bridgehead atoms. The third kappa shape index (κ3) is 3.39. The quantitative estimate of drug-likeness (QED) is 0.708. The number of carbonyl (C=O) groups excluding carboxylic acids is 1. The number of nitrogens with zero attached hydrogens (tertiary/aromatic N) is 4. The highest BCUT2D eigenvalue weighted by Gasteiger charge is 2.58. The number of rotatable bonds is 1. The van der Waals surface area contributed by atoms with Crippen molar-refractivity contribution in [2.24, 2.45) is 17.3 Å². The Hall–Kier alpha value is -3.15. The van der Waals surface area contributed by atoms with Gasteiger partial charge in [0.2, 0.25) is 0 Å². The van der Waals surface area contributed by atoms with E-state index in [1.54, 1.807) is 26.8 Å². The molecule has 2 aliphatic rings. The predicted molar refractivity (Wildman–Crippen MR) is 107 cm³/mol. The highest BCUT2D eigenvalue weighted by Crippen LogP contribution is 2.53. The van der Waals surface area contributed by atoms with Crippen molar-refractivity contribution in [1.82, 2.24) is 4.90 Å². The van der Waals surface area contributed by atoms with Crippen LogP contribution in [0.15, 0.2) is 28.5 Å². The molecule has 0 radical (unpaired) electrons. The summed E-state index contributed by atoms with van der Waals surface area (Å²) in [4.78, 5) is 14.2. The molecule has 1 N–H and O–H groups in total. The topological polar surface area (TPSA) is 125 Å². The van der Waals surface area contributed by atoms with Gasteiger partial charge in [0.25, 0.3) is 0 Å². The zero-order valence-electron chi connectivity index (χ0n) is 16.5. The Morgan fingerprint density at radius 1 is 1.34 bits per heavy atom. The third-order valence-electron chi connectivity index (χ3n) is 5.34. The van der Waals surface area contributed by atoms with Crippen LogP contribution in [-0.4, -0.2) is 35.4 Å². The fourth-order valence-corrected chi connectivity index (χ4v) is 4.81. The fourth-order valence-electron chi connectivity index (χ4n) is 4.11. The van der Waals surface area contributed by atoms with Crippen LogP contribution in [0.25, 0.3) is 0 Å². The maximum atomic E-state index is 12.6. The van der Waals surface area contributed by atoms with E-state index in [0.717, 1.165) is 5.56 Å². The summed E-state index contributed by atoms with van der Waals surface area (Å²) >= 11 is 1.44. The van der Waals surface area contributed by atoms with Gasteiger partial charge in [-0.25, -0.2) is 4.79 Å².